The van der Waals surface area contributed by atoms with Gasteiger partial charge in [-0.25, -0.2) is 4.98 Å². The van der Waals surface area contributed by atoms with Gasteiger partial charge >= 0.3 is 5.97 Å². The van der Waals surface area contributed by atoms with Gasteiger partial charge in [0, 0.05) is 12.5 Å². The topological polar surface area (TPSA) is 78.4 Å². The number of oxazole rings is 1. The summed E-state index contributed by atoms with van der Waals surface area (Å²) in [5.41, 5.74) is 5.47. The maximum absolute atomic E-state index is 10.9. The number of hydrogen-bond acceptors (Lipinski definition) is 5. The Balaban J connectivity index is 2.58. The van der Waals surface area contributed by atoms with Crippen LogP contribution in [0.2, 0.25) is 0 Å². The van der Waals surface area contributed by atoms with Gasteiger partial charge in [0.05, 0.1) is 19.7 Å². The summed E-state index contributed by atoms with van der Waals surface area (Å²) < 4.78 is 9.56. The molecular weight excluding hydrogens is 172 g/mol. The second-order valence-electron chi connectivity index (χ2n) is 2.62. The number of carbonyl (C=O) groups excluding carboxylic acids is 1. The van der Waals surface area contributed by atoms with Crippen molar-refractivity contribution in [2.45, 2.75) is 12.3 Å². The Hall–Kier alpha value is -1.36. The first-order chi connectivity index (χ1) is 6.27. The van der Waals surface area contributed by atoms with Crippen LogP contribution >= 0.6 is 0 Å². The van der Waals surface area contributed by atoms with E-state index >= 15 is 0 Å². The van der Waals surface area contributed by atoms with Crippen molar-refractivity contribution in [1.82, 2.24) is 4.98 Å². The van der Waals surface area contributed by atoms with Crippen molar-refractivity contribution in [3.63, 3.8) is 0 Å². The van der Waals surface area contributed by atoms with Crippen molar-refractivity contribution in [1.29, 1.82) is 0 Å². The molecule has 1 aromatic heterocycles. The highest BCUT2D eigenvalue weighted by atomic mass is 16.5. The molecule has 0 saturated heterocycles. The first-order valence-corrected chi connectivity index (χ1v) is 3.93. The second-order valence-corrected chi connectivity index (χ2v) is 2.62. The van der Waals surface area contributed by atoms with Gasteiger partial charge in [-0.15, -0.1) is 0 Å². The number of rotatable bonds is 4. The third kappa shape index (κ3) is 2.55. The van der Waals surface area contributed by atoms with E-state index in [9.17, 15) is 4.79 Å². The molecule has 0 bridgehead atoms. The van der Waals surface area contributed by atoms with Crippen LogP contribution in [0.25, 0.3) is 0 Å². The van der Waals surface area contributed by atoms with Crippen LogP contribution < -0.4 is 5.73 Å². The van der Waals surface area contributed by atoms with Gasteiger partial charge in [0.2, 0.25) is 0 Å². The zero-order valence-electron chi connectivity index (χ0n) is 7.40. The highest BCUT2D eigenvalue weighted by molar-refractivity contribution is 5.70. The third-order valence-corrected chi connectivity index (χ3v) is 1.78. The van der Waals surface area contributed by atoms with E-state index in [-0.39, 0.29) is 18.3 Å². The average Bonchev–Trinajstić information content (AvgIpc) is 2.66. The smallest absolute Gasteiger partial charge is 0.306 e. The normalized spacial score (nSPS) is 12.5. The summed E-state index contributed by atoms with van der Waals surface area (Å²) in [5, 5.41) is 0. The lowest BCUT2D eigenvalue weighted by molar-refractivity contribution is -0.141. The molecule has 0 aliphatic heterocycles. The zero-order chi connectivity index (χ0) is 9.68. The number of ether oxygens (including phenoxy) is 1. The van der Waals surface area contributed by atoms with Gasteiger partial charge in [-0.2, -0.15) is 0 Å². The number of aromatic nitrogens is 1. The SMILES string of the molecule is COC(=O)CC(CN)c1cnco1. The molecule has 0 radical (unpaired) electrons. The molecule has 1 aromatic rings. The summed E-state index contributed by atoms with van der Waals surface area (Å²) >= 11 is 0. The van der Waals surface area contributed by atoms with Gasteiger partial charge in [-0.3, -0.25) is 4.79 Å². The van der Waals surface area contributed by atoms with Crippen LogP contribution in [-0.4, -0.2) is 24.6 Å². The Kier molecular flexibility index (Phi) is 3.45. The van der Waals surface area contributed by atoms with Crippen LogP contribution in [0.4, 0.5) is 0 Å². The van der Waals surface area contributed by atoms with E-state index in [1.807, 2.05) is 0 Å². The quantitative estimate of drug-likeness (QED) is 0.680. The summed E-state index contributed by atoms with van der Waals surface area (Å²) in [4.78, 5) is 14.7. The first kappa shape index (κ1) is 9.73. The molecule has 5 heteroatoms. The van der Waals surface area contributed by atoms with Crippen molar-refractivity contribution in [2.75, 3.05) is 13.7 Å². The molecule has 1 atom stereocenters. The largest absolute Gasteiger partial charge is 0.469 e. The molecule has 0 aliphatic rings. The highest BCUT2D eigenvalue weighted by Crippen LogP contribution is 2.17. The summed E-state index contributed by atoms with van der Waals surface area (Å²) in [6.45, 7) is 0.338. The standard InChI is InChI=1S/C8H12N2O3/c1-12-8(11)2-6(3-9)7-4-10-5-13-7/h4-6H,2-3,9H2,1H3. The second kappa shape index (κ2) is 4.61. The van der Waals surface area contributed by atoms with Crippen molar-refractivity contribution in [3.8, 4) is 0 Å². The van der Waals surface area contributed by atoms with Crippen LogP contribution in [0, 0.1) is 0 Å². The van der Waals surface area contributed by atoms with E-state index < -0.39 is 0 Å². The molecule has 1 heterocycles. The zero-order valence-corrected chi connectivity index (χ0v) is 7.40. The van der Waals surface area contributed by atoms with Crippen LogP contribution in [0.15, 0.2) is 17.0 Å². The summed E-state index contributed by atoms with van der Waals surface area (Å²) in [6, 6.07) is 0. The molecule has 0 aromatic carbocycles. The molecule has 2 N–H and O–H groups in total. The van der Waals surface area contributed by atoms with E-state index in [0.29, 0.717) is 12.3 Å². The number of esters is 1. The predicted molar refractivity (Wildman–Crippen MR) is 44.9 cm³/mol. The fourth-order valence-corrected chi connectivity index (χ4v) is 1.01. The summed E-state index contributed by atoms with van der Waals surface area (Å²) in [5.74, 6) is 0.176. The maximum Gasteiger partial charge on any atom is 0.306 e. The Morgan fingerprint density at radius 1 is 1.85 bits per heavy atom. The minimum Gasteiger partial charge on any atom is -0.469 e. The number of carbonyl (C=O) groups is 1. The van der Waals surface area contributed by atoms with Crippen LogP contribution in [0.3, 0.4) is 0 Å². The van der Waals surface area contributed by atoms with Crippen LogP contribution in [-0.2, 0) is 9.53 Å². The van der Waals surface area contributed by atoms with Crippen molar-refractivity contribution in [2.24, 2.45) is 5.73 Å². The van der Waals surface area contributed by atoms with Crippen LogP contribution in [0.5, 0.6) is 0 Å². The van der Waals surface area contributed by atoms with Gasteiger partial charge in [0.1, 0.15) is 5.76 Å². The lowest BCUT2D eigenvalue weighted by Crippen LogP contribution is -2.16. The molecular formula is C8H12N2O3. The molecule has 13 heavy (non-hydrogen) atoms. The molecule has 0 amide bonds. The number of hydrogen-bond donors (Lipinski definition) is 1. The fourth-order valence-electron chi connectivity index (χ4n) is 1.01. The van der Waals surface area contributed by atoms with Gasteiger partial charge in [0.15, 0.2) is 6.39 Å². The predicted octanol–water partition coefficient (Wildman–Crippen LogP) is 0.280. The fraction of sp³-hybridized carbons (Fsp3) is 0.500. The van der Waals surface area contributed by atoms with E-state index in [0.717, 1.165) is 0 Å². The number of nitrogens with zero attached hydrogens (tertiary/aromatic N) is 1. The molecule has 0 aliphatic carbocycles. The summed E-state index contributed by atoms with van der Waals surface area (Å²) in [7, 11) is 1.34. The minimum absolute atomic E-state index is 0.144. The van der Waals surface area contributed by atoms with E-state index in [4.69, 9.17) is 10.2 Å². The lowest BCUT2D eigenvalue weighted by Gasteiger charge is -2.08. The highest BCUT2D eigenvalue weighted by Gasteiger charge is 2.17. The monoisotopic (exact) mass is 184 g/mol. The first-order valence-electron chi connectivity index (χ1n) is 3.93. The van der Waals surface area contributed by atoms with E-state index in [1.165, 1.54) is 13.5 Å². The average molecular weight is 184 g/mol. The van der Waals surface area contributed by atoms with Crippen molar-refractivity contribution in [3.05, 3.63) is 18.4 Å². The van der Waals surface area contributed by atoms with Gasteiger partial charge < -0.3 is 14.9 Å². The Morgan fingerprint density at radius 2 is 2.62 bits per heavy atom. The molecule has 72 valence electrons. The van der Waals surface area contributed by atoms with Gasteiger partial charge in [-0.05, 0) is 0 Å². The molecule has 0 fully saturated rings. The van der Waals surface area contributed by atoms with Gasteiger partial charge in [0.25, 0.3) is 0 Å². The molecule has 5 nitrogen and oxygen atoms in total. The number of nitrogens with two attached hydrogens (primary N) is 1. The Morgan fingerprint density at radius 3 is 3.08 bits per heavy atom. The third-order valence-electron chi connectivity index (χ3n) is 1.78. The van der Waals surface area contributed by atoms with Crippen molar-refractivity contribution < 1.29 is 13.9 Å². The lowest BCUT2D eigenvalue weighted by atomic mass is 10.0. The van der Waals surface area contributed by atoms with E-state index in [2.05, 4.69) is 9.72 Å². The molecule has 1 unspecified atom stereocenters. The van der Waals surface area contributed by atoms with E-state index in [1.54, 1.807) is 6.20 Å². The van der Waals surface area contributed by atoms with Crippen LogP contribution in [0.1, 0.15) is 18.1 Å². The minimum atomic E-state index is -0.299. The molecule has 0 spiro atoms. The van der Waals surface area contributed by atoms with Gasteiger partial charge in [-0.1, -0.05) is 0 Å². The Bertz CT molecular complexity index is 258. The Labute approximate surface area is 75.9 Å². The molecule has 0 saturated carbocycles. The maximum atomic E-state index is 10.9. The van der Waals surface area contributed by atoms with Crippen molar-refractivity contribution >= 4 is 5.97 Å². The summed E-state index contributed by atoms with van der Waals surface area (Å²) in [6.07, 6.45) is 3.10. The molecule has 1 rings (SSSR count). The number of methoxy groups -OCH3 is 1.